The van der Waals surface area contributed by atoms with Gasteiger partial charge in [0.15, 0.2) is 0 Å². The van der Waals surface area contributed by atoms with Gasteiger partial charge < -0.3 is 5.73 Å². The van der Waals surface area contributed by atoms with Gasteiger partial charge in [-0.15, -0.1) is 0 Å². The van der Waals surface area contributed by atoms with Gasteiger partial charge in [-0.05, 0) is 24.7 Å². The minimum Gasteiger partial charge on any atom is -0.392 e. The second-order valence-electron chi connectivity index (χ2n) is 4.48. The molecule has 0 radical (unpaired) electrons. The maximum absolute atomic E-state index is 11.8. The first-order valence-electron chi connectivity index (χ1n) is 5.08. The molecule has 1 fully saturated rings. The van der Waals surface area contributed by atoms with E-state index in [9.17, 15) is 8.42 Å². The summed E-state index contributed by atoms with van der Waals surface area (Å²) < 4.78 is 26.2. The molecule has 0 aromatic heterocycles. The molecule has 3 N–H and O–H groups in total. The maximum atomic E-state index is 11.8. The predicted octanol–water partition coefficient (Wildman–Crippen LogP) is 0.771. The second kappa shape index (κ2) is 4.35. The van der Waals surface area contributed by atoms with Crippen LogP contribution in [0.5, 0.6) is 0 Å². The average Bonchev–Trinajstić information content (AvgIpc) is 2.82. The van der Waals surface area contributed by atoms with Crippen LogP contribution in [0.25, 0.3) is 0 Å². The average molecular weight is 250 g/mol. The van der Waals surface area contributed by atoms with Crippen molar-refractivity contribution in [3.63, 3.8) is 0 Å². The Balaban J connectivity index is 2.60. The number of hydrogen-bond acceptors (Lipinski definition) is 3. The molecule has 1 aliphatic rings. The van der Waals surface area contributed by atoms with Crippen molar-refractivity contribution in [1.29, 1.82) is 0 Å². The number of nitrogens with one attached hydrogen (secondary N) is 1. The Morgan fingerprint density at radius 2 is 2.13 bits per heavy atom. The summed E-state index contributed by atoms with van der Waals surface area (Å²) >= 11 is 4.75. The highest BCUT2D eigenvalue weighted by Gasteiger charge is 2.39. The minimum atomic E-state index is -3.38. The van der Waals surface area contributed by atoms with Gasteiger partial charge in [0.25, 0.3) is 0 Å². The van der Waals surface area contributed by atoms with Crippen LogP contribution in [0.4, 0.5) is 0 Å². The van der Waals surface area contributed by atoms with E-state index < -0.39 is 15.3 Å². The lowest BCUT2D eigenvalue weighted by Crippen LogP contribution is -2.43. The minimum absolute atomic E-state index is 0.0472. The molecule has 0 aliphatic heterocycles. The van der Waals surface area contributed by atoms with E-state index in [1.54, 1.807) is 6.92 Å². The van der Waals surface area contributed by atoms with Crippen molar-refractivity contribution < 1.29 is 8.42 Å². The summed E-state index contributed by atoms with van der Waals surface area (Å²) in [5.41, 5.74) is 5.55. The molecule has 0 saturated heterocycles. The topological polar surface area (TPSA) is 72.2 Å². The Bertz CT molecular complexity index is 347. The Morgan fingerprint density at radius 1 is 1.60 bits per heavy atom. The maximum Gasteiger partial charge on any atom is 0.221 e. The normalized spacial score (nSPS) is 20.9. The fourth-order valence-corrected chi connectivity index (χ4v) is 3.38. The molecule has 1 atom stereocenters. The van der Waals surface area contributed by atoms with Gasteiger partial charge in [-0.25, -0.2) is 13.1 Å². The molecule has 4 nitrogen and oxygen atoms in total. The molecular formula is C9H18N2O2S2. The third-order valence-electron chi connectivity index (χ3n) is 2.87. The molecule has 0 spiro atoms. The molecule has 0 heterocycles. The number of rotatable bonds is 6. The molecule has 0 bridgehead atoms. The van der Waals surface area contributed by atoms with Crippen molar-refractivity contribution in [3.8, 4) is 0 Å². The lowest BCUT2D eigenvalue weighted by Gasteiger charge is -2.17. The van der Waals surface area contributed by atoms with Crippen LogP contribution in [0.15, 0.2) is 0 Å². The molecule has 1 rings (SSSR count). The molecular weight excluding hydrogens is 232 g/mol. The van der Waals surface area contributed by atoms with Gasteiger partial charge in [0, 0.05) is 6.54 Å². The molecule has 1 aliphatic carbocycles. The van der Waals surface area contributed by atoms with Crippen molar-refractivity contribution in [3.05, 3.63) is 0 Å². The fourth-order valence-electron chi connectivity index (χ4n) is 1.34. The van der Waals surface area contributed by atoms with Crippen molar-refractivity contribution in [1.82, 2.24) is 4.72 Å². The van der Waals surface area contributed by atoms with Crippen LogP contribution in [0.3, 0.4) is 0 Å². The summed E-state index contributed by atoms with van der Waals surface area (Å²) in [6, 6.07) is 0. The number of nitrogens with two attached hydrogens (primary N) is 1. The van der Waals surface area contributed by atoms with Crippen molar-refractivity contribution in [2.24, 2.45) is 11.1 Å². The van der Waals surface area contributed by atoms with E-state index in [0.717, 1.165) is 12.8 Å². The van der Waals surface area contributed by atoms with Gasteiger partial charge in [-0.2, -0.15) is 0 Å². The summed E-state index contributed by atoms with van der Waals surface area (Å²) in [5.74, 6) is 0. The van der Waals surface area contributed by atoms with Crippen molar-refractivity contribution >= 4 is 27.2 Å². The molecule has 6 heteroatoms. The van der Waals surface area contributed by atoms with Gasteiger partial charge in [0.1, 0.15) is 5.25 Å². The van der Waals surface area contributed by atoms with Gasteiger partial charge in [-0.3, -0.25) is 0 Å². The molecule has 0 amide bonds. The standard InChI is InChI=1S/C9H18N2O2S2/c1-3-7(8(10)14)15(12,13)11-6-9(2)4-5-9/h7,11H,3-6H2,1-2H3,(H2,10,14). The molecule has 0 aromatic rings. The van der Waals surface area contributed by atoms with E-state index in [-0.39, 0.29) is 10.4 Å². The molecule has 88 valence electrons. The van der Waals surface area contributed by atoms with Crippen LogP contribution in [-0.2, 0) is 10.0 Å². The molecule has 1 saturated carbocycles. The number of thiocarbonyl (C=S) groups is 1. The lowest BCUT2D eigenvalue weighted by atomic mass is 10.2. The van der Waals surface area contributed by atoms with Crippen LogP contribution < -0.4 is 10.5 Å². The fraction of sp³-hybridized carbons (Fsp3) is 0.889. The predicted molar refractivity (Wildman–Crippen MR) is 65.1 cm³/mol. The van der Waals surface area contributed by atoms with Crippen LogP contribution in [0, 0.1) is 5.41 Å². The van der Waals surface area contributed by atoms with Gasteiger partial charge in [-0.1, -0.05) is 26.1 Å². The monoisotopic (exact) mass is 250 g/mol. The van der Waals surface area contributed by atoms with Gasteiger partial charge >= 0.3 is 0 Å². The Labute approximate surface area is 96.7 Å². The Morgan fingerprint density at radius 3 is 2.47 bits per heavy atom. The van der Waals surface area contributed by atoms with E-state index in [1.807, 2.05) is 0 Å². The van der Waals surface area contributed by atoms with Gasteiger partial charge in [0.2, 0.25) is 10.0 Å². The highest BCUT2D eigenvalue weighted by atomic mass is 32.2. The SMILES string of the molecule is CCC(C(N)=S)S(=O)(=O)NCC1(C)CC1. The third-order valence-corrected chi connectivity index (χ3v) is 5.18. The van der Waals surface area contributed by atoms with Crippen molar-refractivity contribution in [2.45, 2.75) is 38.4 Å². The summed E-state index contributed by atoms with van der Waals surface area (Å²) in [5, 5.41) is -0.741. The smallest absolute Gasteiger partial charge is 0.221 e. The van der Waals surface area contributed by atoms with Crippen molar-refractivity contribution in [2.75, 3.05) is 6.54 Å². The Hall–Kier alpha value is -0.200. The van der Waals surface area contributed by atoms with Crippen LogP contribution in [-0.4, -0.2) is 25.2 Å². The van der Waals surface area contributed by atoms with Gasteiger partial charge in [0.05, 0.1) is 4.99 Å². The summed E-state index contributed by atoms with van der Waals surface area (Å²) in [7, 11) is -3.38. The largest absolute Gasteiger partial charge is 0.392 e. The first-order valence-corrected chi connectivity index (χ1v) is 7.04. The van der Waals surface area contributed by atoms with E-state index in [4.69, 9.17) is 18.0 Å². The first-order chi connectivity index (χ1) is 6.81. The van der Waals surface area contributed by atoms with Crippen LogP contribution in [0.1, 0.15) is 33.1 Å². The van der Waals surface area contributed by atoms with Crippen LogP contribution in [0.2, 0.25) is 0 Å². The highest BCUT2D eigenvalue weighted by Crippen LogP contribution is 2.44. The summed E-state index contributed by atoms with van der Waals surface area (Å²) in [4.78, 5) is 0.0472. The molecule has 0 aromatic carbocycles. The highest BCUT2D eigenvalue weighted by molar-refractivity contribution is 7.93. The van der Waals surface area contributed by atoms with E-state index in [1.165, 1.54) is 0 Å². The van der Waals surface area contributed by atoms with E-state index >= 15 is 0 Å². The molecule has 15 heavy (non-hydrogen) atoms. The quantitative estimate of drug-likeness (QED) is 0.683. The zero-order valence-electron chi connectivity index (χ0n) is 9.12. The van der Waals surface area contributed by atoms with E-state index in [2.05, 4.69) is 11.6 Å². The van der Waals surface area contributed by atoms with Crippen LogP contribution >= 0.6 is 12.2 Å². The molecule has 1 unspecified atom stereocenters. The summed E-state index contributed by atoms with van der Waals surface area (Å²) in [6.07, 6.45) is 2.58. The van der Waals surface area contributed by atoms with E-state index in [0.29, 0.717) is 13.0 Å². The summed E-state index contributed by atoms with van der Waals surface area (Å²) in [6.45, 7) is 4.33. The first kappa shape index (κ1) is 12.9. The zero-order valence-corrected chi connectivity index (χ0v) is 10.7. The third kappa shape index (κ3) is 3.39. The number of hydrogen-bond donors (Lipinski definition) is 2. The Kier molecular flexibility index (Phi) is 3.73. The lowest BCUT2D eigenvalue weighted by molar-refractivity contribution is 0.527. The second-order valence-corrected chi connectivity index (χ2v) is 6.90. The zero-order chi connectivity index (χ0) is 11.7. The number of sulfonamides is 1.